The van der Waals surface area contributed by atoms with E-state index in [9.17, 15) is 9.59 Å². The topological polar surface area (TPSA) is 118 Å². The van der Waals surface area contributed by atoms with Crippen molar-refractivity contribution in [1.29, 1.82) is 0 Å². The molecule has 3 amide bonds. The summed E-state index contributed by atoms with van der Waals surface area (Å²) in [5.41, 5.74) is 2.54. The highest BCUT2D eigenvalue weighted by Gasteiger charge is 2.34. The van der Waals surface area contributed by atoms with E-state index in [0.717, 1.165) is 16.6 Å². The van der Waals surface area contributed by atoms with Crippen LogP contribution < -0.4 is 19.9 Å². The molecule has 1 atom stereocenters. The van der Waals surface area contributed by atoms with Gasteiger partial charge < -0.3 is 24.6 Å². The van der Waals surface area contributed by atoms with Gasteiger partial charge in [-0.05, 0) is 46.2 Å². The van der Waals surface area contributed by atoms with Crippen molar-refractivity contribution < 1.29 is 19.1 Å². The van der Waals surface area contributed by atoms with Crippen LogP contribution in [0.15, 0.2) is 24.5 Å². The molecule has 5 heterocycles. The molecule has 3 aromatic rings. The lowest BCUT2D eigenvalue weighted by molar-refractivity contribution is 0.0159. The maximum atomic E-state index is 13.4. The summed E-state index contributed by atoms with van der Waals surface area (Å²) < 4.78 is 12.7. The Kier molecular flexibility index (Phi) is 6.49. The Morgan fingerprint density at radius 3 is 2.68 bits per heavy atom. The van der Waals surface area contributed by atoms with Gasteiger partial charge in [-0.2, -0.15) is 10.1 Å². The van der Waals surface area contributed by atoms with Gasteiger partial charge in [0.25, 0.3) is 0 Å². The van der Waals surface area contributed by atoms with Gasteiger partial charge in [0.1, 0.15) is 17.1 Å². The molecule has 0 radical (unpaired) electrons. The number of anilines is 3. The SMILES string of the molecule is COc1nc2nn(C)cc2cc1NC(=O)N1CCc2c(N3CCN(C(=O)OC(C)(C)C)[C@@H](C)C3)ccnc21. The molecular weight excluding hydrogens is 488 g/mol. The number of amides is 3. The van der Waals surface area contributed by atoms with Crippen LogP contribution in [-0.2, 0) is 18.2 Å². The summed E-state index contributed by atoms with van der Waals surface area (Å²) in [5, 5.41) is 8.03. The fourth-order valence-corrected chi connectivity index (χ4v) is 5.02. The average molecular weight is 523 g/mol. The van der Waals surface area contributed by atoms with E-state index < -0.39 is 5.60 Å². The lowest BCUT2D eigenvalue weighted by Gasteiger charge is -2.41. The Morgan fingerprint density at radius 2 is 1.97 bits per heavy atom. The second kappa shape index (κ2) is 9.66. The van der Waals surface area contributed by atoms with Crippen molar-refractivity contribution in [2.24, 2.45) is 7.05 Å². The zero-order chi connectivity index (χ0) is 27.2. The fraction of sp³-hybridized carbons (Fsp3) is 0.500. The molecular formula is C26H34N8O4. The maximum Gasteiger partial charge on any atom is 0.410 e. The van der Waals surface area contributed by atoms with Gasteiger partial charge in [-0.25, -0.2) is 14.6 Å². The van der Waals surface area contributed by atoms with Crippen molar-refractivity contribution in [3.8, 4) is 5.88 Å². The predicted octanol–water partition coefficient (Wildman–Crippen LogP) is 3.41. The van der Waals surface area contributed by atoms with Crippen molar-refractivity contribution in [2.45, 2.75) is 45.8 Å². The Bertz CT molecular complexity index is 1380. The minimum absolute atomic E-state index is 0.0226. The summed E-state index contributed by atoms with van der Waals surface area (Å²) in [5.74, 6) is 0.930. The van der Waals surface area contributed by atoms with E-state index >= 15 is 0 Å². The smallest absolute Gasteiger partial charge is 0.410 e. The third-order valence-electron chi connectivity index (χ3n) is 6.70. The minimum atomic E-state index is -0.534. The molecule has 0 bridgehead atoms. The quantitative estimate of drug-likeness (QED) is 0.556. The number of hydrogen-bond donors (Lipinski definition) is 1. The highest BCUT2D eigenvalue weighted by molar-refractivity contribution is 6.04. The summed E-state index contributed by atoms with van der Waals surface area (Å²) in [6.45, 7) is 10.0. The Morgan fingerprint density at radius 1 is 1.18 bits per heavy atom. The average Bonchev–Trinajstić information content (AvgIpc) is 3.44. The molecule has 0 spiro atoms. The van der Waals surface area contributed by atoms with Gasteiger partial charge in [-0.3, -0.25) is 9.58 Å². The van der Waals surface area contributed by atoms with Crippen LogP contribution in [-0.4, -0.2) is 81.7 Å². The first kappa shape index (κ1) is 25.6. The number of aromatic nitrogens is 4. The van der Waals surface area contributed by atoms with Gasteiger partial charge in [-0.1, -0.05) is 0 Å². The van der Waals surface area contributed by atoms with Crippen LogP contribution >= 0.6 is 0 Å². The Balaban J connectivity index is 1.32. The second-order valence-electron chi connectivity index (χ2n) is 10.7. The predicted molar refractivity (Wildman–Crippen MR) is 144 cm³/mol. The monoisotopic (exact) mass is 522 g/mol. The molecule has 3 aromatic heterocycles. The molecule has 0 aliphatic carbocycles. The Hall–Kier alpha value is -4.09. The van der Waals surface area contributed by atoms with Crippen molar-refractivity contribution >= 4 is 40.4 Å². The zero-order valence-corrected chi connectivity index (χ0v) is 22.7. The number of ether oxygens (including phenoxy) is 2. The summed E-state index contributed by atoms with van der Waals surface area (Å²) >= 11 is 0. The lowest BCUT2D eigenvalue weighted by atomic mass is 10.1. The molecule has 38 heavy (non-hydrogen) atoms. The van der Waals surface area contributed by atoms with Gasteiger partial charge in [-0.15, -0.1) is 0 Å². The van der Waals surface area contributed by atoms with Crippen molar-refractivity contribution in [3.63, 3.8) is 0 Å². The molecule has 0 aromatic carbocycles. The van der Waals surface area contributed by atoms with Crippen LogP contribution in [0.2, 0.25) is 0 Å². The fourth-order valence-electron chi connectivity index (χ4n) is 5.02. The normalized spacial score (nSPS) is 17.5. The summed E-state index contributed by atoms with van der Waals surface area (Å²) in [6, 6.07) is 3.46. The van der Waals surface area contributed by atoms with E-state index in [1.807, 2.05) is 47.0 Å². The zero-order valence-electron chi connectivity index (χ0n) is 22.7. The number of piperazine rings is 1. The first-order valence-electron chi connectivity index (χ1n) is 12.7. The van der Waals surface area contributed by atoms with E-state index in [0.29, 0.717) is 55.6 Å². The molecule has 5 rings (SSSR count). The van der Waals surface area contributed by atoms with Crippen LogP contribution in [0.5, 0.6) is 5.88 Å². The molecule has 1 fully saturated rings. The van der Waals surface area contributed by atoms with Crippen LogP contribution in [0.4, 0.5) is 26.8 Å². The van der Waals surface area contributed by atoms with E-state index in [1.54, 1.807) is 26.7 Å². The van der Waals surface area contributed by atoms with E-state index in [4.69, 9.17) is 9.47 Å². The first-order chi connectivity index (χ1) is 18.0. The number of aryl methyl sites for hydroxylation is 1. The van der Waals surface area contributed by atoms with Crippen molar-refractivity contribution in [3.05, 3.63) is 30.1 Å². The number of carbonyl (C=O) groups is 2. The van der Waals surface area contributed by atoms with Crippen molar-refractivity contribution in [1.82, 2.24) is 24.6 Å². The third-order valence-corrected chi connectivity index (χ3v) is 6.70. The number of nitrogens with zero attached hydrogens (tertiary/aromatic N) is 7. The van der Waals surface area contributed by atoms with Crippen molar-refractivity contribution in [2.75, 3.05) is 48.4 Å². The first-order valence-corrected chi connectivity index (χ1v) is 12.7. The number of urea groups is 1. The minimum Gasteiger partial charge on any atom is -0.479 e. The van der Waals surface area contributed by atoms with Gasteiger partial charge in [0.2, 0.25) is 5.88 Å². The molecule has 2 aliphatic rings. The number of carbonyl (C=O) groups excluding carboxylic acids is 2. The van der Waals surface area contributed by atoms with Gasteiger partial charge >= 0.3 is 12.1 Å². The standard InChI is InChI=1S/C26H34N8O4/c1-16-14-32(11-12-33(16)25(36)38-26(2,3)4)20-7-9-27-22-18(20)8-10-34(22)24(35)28-19-13-17-15-31(5)30-21(17)29-23(19)37-6/h7,9,13,15-16H,8,10-12,14H2,1-6H3,(H,28,35)/t16-/m0/s1. The maximum absolute atomic E-state index is 13.4. The number of hydrogen-bond acceptors (Lipinski definition) is 8. The summed E-state index contributed by atoms with van der Waals surface area (Å²) in [7, 11) is 3.32. The molecule has 0 saturated carbocycles. The molecule has 1 N–H and O–H groups in total. The molecule has 202 valence electrons. The highest BCUT2D eigenvalue weighted by Crippen LogP contribution is 2.36. The second-order valence-corrected chi connectivity index (χ2v) is 10.7. The van der Waals surface area contributed by atoms with Crippen LogP contribution in [0, 0.1) is 0 Å². The molecule has 1 saturated heterocycles. The number of pyridine rings is 2. The van der Waals surface area contributed by atoms with E-state index in [1.165, 1.54) is 7.11 Å². The molecule has 12 nitrogen and oxygen atoms in total. The highest BCUT2D eigenvalue weighted by atomic mass is 16.6. The number of rotatable bonds is 3. The molecule has 0 unspecified atom stereocenters. The van der Waals surface area contributed by atoms with Gasteiger partial charge in [0, 0.05) is 68.3 Å². The van der Waals surface area contributed by atoms with Gasteiger partial charge in [0.05, 0.1) is 7.11 Å². The largest absolute Gasteiger partial charge is 0.479 e. The van der Waals surface area contributed by atoms with Crippen LogP contribution in [0.25, 0.3) is 11.0 Å². The van der Waals surface area contributed by atoms with Gasteiger partial charge in [0.15, 0.2) is 5.65 Å². The number of fused-ring (bicyclic) bond motifs is 2. The van der Waals surface area contributed by atoms with Crippen LogP contribution in [0.3, 0.4) is 0 Å². The van der Waals surface area contributed by atoms with E-state index in [-0.39, 0.29) is 18.2 Å². The summed E-state index contributed by atoms with van der Waals surface area (Å²) in [4.78, 5) is 40.7. The number of methoxy groups -OCH3 is 1. The number of nitrogens with one attached hydrogen (secondary N) is 1. The third kappa shape index (κ3) is 4.90. The van der Waals surface area contributed by atoms with Crippen LogP contribution in [0.1, 0.15) is 33.3 Å². The van der Waals surface area contributed by atoms with E-state index in [2.05, 4.69) is 25.3 Å². The lowest BCUT2D eigenvalue weighted by Crippen LogP contribution is -2.55. The summed E-state index contributed by atoms with van der Waals surface area (Å²) in [6.07, 6.45) is 3.96. The molecule has 12 heteroatoms. The molecule has 2 aliphatic heterocycles. The Labute approximate surface area is 221 Å².